The van der Waals surface area contributed by atoms with Crippen molar-refractivity contribution in [1.82, 2.24) is 0 Å². The van der Waals surface area contributed by atoms with Gasteiger partial charge in [-0.25, -0.2) is 0 Å². The number of ether oxygens (including phenoxy) is 1. The Labute approximate surface area is 107 Å². The van der Waals surface area contributed by atoms with E-state index in [9.17, 15) is 13.2 Å². The fourth-order valence-electron chi connectivity index (χ4n) is 1.47. The predicted octanol–water partition coefficient (Wildman–Crippen LogP) is 3.91. The minimum absolute atomic E-state index is 0.254. The Morgan fingerprint density at radius 2 is 1.32 bits per heavy atom. The van der Waals surface area contributed by atoms with Crippen LogP contribution in [0.4, 0.5) is 30.2 Å². The second-order valence-corrected chi connectivity index (χ2v) is 3.82. The summed E-state index contributed by atoms with van der Waals surface area (Å²) in [4.78, 5) is 0. The van der Waals surface area contributed by atoms with Crippen molar-refractivity contribution in [2.75, 3.05) is 11.1 Å². The standard InChI is InChI=1S/C13H11F3N2O/c14-13(15,16)19-12-7-5-11(6-8-12)18-10-3-1-9(17)2-4-10/h1-8,18H,17H2. The number of nitrogens with two attached hydrogens (primary N) is 1. The maximum Gasteiger partial charge on any atom is 0.573 e. The second-order valence-electron chi connectivity index (χ2n) is 3.82. The molecule has 3 nitrogen and oxygen atoms in total. The van der Waals surface area contributed by atoms with Crippen LogP contribution in [0, 0.1) is 0 Å². The molecule has 6 heteroatoms. The number of nitrogens with one attached hydrogen (secondary N) is 1. The van der Waals surface area contributed by atoms with Gasteiger partial charge in [-0.15, -0.1) is 13.2 Å². The van der Waals surface area contributed by atoms with Gasteiger partial charge in [0.1, 0.15) is 5.75 Å². The maximum absolute atomic E-state index is 12.0. The molecule has 0 spiro atoms. The second kappa shape index (κ2) is 5.09. The highest BCUT2D eigenvalue weighted by molar-refractivity contribution is 5.62. The highest BCUT2D eigenvalue weighted by Gasteiger charge is 2.30. The topological polar surface area (TPSA) is 47.3 Å². The lowest BCUT2D eigenvalue weighted by Gasteiger charge is -2.10. The lowest BCUT2D eigenvalue weighted by atomic mass is 10.2. The van der Waals surface area contributed by atoms with Crippen molar-refractivity contribution in [3.63, 3.8) is 0 Å². The van der Waals surface area contributed by atoms with Gasteiger partial charge in [-0.1, -0.05) is 0 Å². The molecule has 19 heavy (non-hydrogen) atoms. The van der Waals surface area contributed by atoms with Crippen molar-refractivity contribution < 1.29 is 17.9 Å². The van der Waals surface area contributed by atoms with E-state index in [2.05, 4.69) is 10.1 Å². The molecule has 0 aliphatic rings. The van der Waals surface area contributed by atoms with Gasteiger partial charge in [-0.3, -0.25) is 0 Å². The number of alkyl halides is 3. The first-order valence-corrected chi connectivity index (χ1v) is 5.41. The predicted molar refractivity (Wildman–Crippen MR) is 67.3 cm³/mol. The Bertz CT molecular complexity index is 535. The zero-order valence-corrected chi connectivity index (χ0v) is 9.74. The van der Waals surface area contributed by atoms with E-state index in [1.807, 2.05) is 0 Å². The van der Waals surface area contributed by atoms with Crippen LogP contribution in [0.1, 0.15) is 0 Å². The number of rotatable bonds is 3. The average molecular weight is 268 g/mol. The van der Waals surface area contributed by atoms with Crippen LogP contribution in [-0.4, -0.2) is 6.36 Å². The van der Waals surface area contributed by atoms with Crippen molar-refractivity contribution >= 4 is 17.1 Å². The van der Waals surface area contributed by atoms with Crippen molar-refractivity contribution in [3.05, 3.63) is 48.5 Å². The normalized spacial score (nSPS) is 11.1. The van der Waals surface area contributed by atoms with Gasteiger partial charge in [0.25, 0.3) is 0 Å². The number of halogens is 3. The van der Waals surface area contributed by atoms with Crippen molar-refractivity contribution in [2.24, 2.45) is 0 Å². The smallest absolute Gasteiger partial charge is 0.406 e. The molecule has 0 amide bonds. The summed E-state index contributed by atoms with van der Waals surface area (Å²) in [6, 6.07) is 12.5. The van der Waals surface area contributed by atoms with E-state index < -0.39 is 6.36 Å². The summed E-state index contributed by atoms with van der Waals surface area (Å²) < 4.78 is 39.7. The van der Waals surface area contributed by atoms with Crippen LogP contribution in [0.3, 0.4) is 0 Å². The molecule has 2 aromatic carbocycles. The van der Waals surface area contributed by atoms with E-state index in [0.29, 0.717) is 11.4 Å². The largest absolute Gasteiger partial charge is 0.573 e. The first kappa shape index (κ1) is 13.1. The van der Waals surface area contributed by atoms with Crippen LogP contribution in [0.2, 0.25) is 0 Å². The summed E-state index contributed by atoms with van der Waals surface area (Å²) in [5, 5.41) is 3.03. The molecule has 0 aromatic heterocycles. The average Bonchev–Trinajstić information content (AvgIpc) is 2.33. The van der Waals surface area contributed by atoms with Crippen LogP contribution in [0.25, 0.3) is 0 Å². The first-order valence-electron chi connectivity index (χ1n) is 5.41. The fourth-order valence-corrected chi connectivity index (χ4v) is 1.47. The van der Waals surface area contributed by atoms with E-state index in [-0.39, 0.29) is 5.75 Å². The third kappa shape index (κ3) is 4.09. The fraction of sp³-hybridized carbons (Fsp3) is 0.0769. The monoisotopic (exact) mass is 268 g/mol. The van der Waals surface area contributed by atoms with Crippen LogP contribution in [-0.2, 0) is 0 Å². The van der Waals surface area contributed by atoms with Gasteiger partial charge in [0, 0.05) is 17.1 Å². The molecule has 100 valence electrons. The third-order valence-corrected chi connectivity index (χ3v) is 2.29. The van der Waals surface area contributed by atoms with Crippen molar-refractivity contribution in [1.29, 1.82) is 0 Å². The zero-order chi connectivity index (χ0) is 13.9. The summed E-state index contributed by atoms with van der Waals surface area (Å²) in [6.45, 7) is 0. The van der Waals surface area contributed by atoms with E-state index in [0.717, 1.165) is 5.69 Å². The van der Waals surface area contributed by atoms with Gasteiger partial charge < -0.3 is 15.8 Å². The molecule has 3 N–H and O–H groups in total. The molecular weight excluding hydrogens is 257 g/mol. The Kier molecular flexibility index (Phi) is 3.50. The first-order chi connectivity index (χ1) is 8.92. The molecule has 0 saturated heterocycles. The van der Waals surface area contributed by atoms with Crippen LogP contribution < -0.4 is 15.8 Å². The van der Waals surface area contributed by atoms with E-state index in [1.54, 1.807) is 24.3 Å². The Morgan fingerprint density at radius 1 is 0.842 bits per heavy atom. The van der Waals surface area contributed by atoms with Gasteiger partial charge in [0.2, 0.25) is 0 Å². The molecule has 0 bridgehead atoms. The summed E-state index contributed by atoms with van der Waals surface area (Å²) in [7, 11) is 0. The van der Waals surface area contributed by atoms with Gasteiger partial charge >= 0.3 is 6.36 Å². The van der Waals surface area contributed by atoms with Crippen LogP contribution >= 0.6 is 0 Å². The molecule has 0 saturated carbocycles. The Morgan fingerprint density at radius 3 is 1.79 bits per heavy atom. The van der Waals surface area contributed by atoms with E-state index >= 15 is 0 Å². The van der Waals surface area contributed by atoms with Gasteiger partial charge in [0.15, 0.2) is 0 Å². The summed E-state index contributed by atoms with van der Waals surface area (Å²) >= 11 is 0. The minimum atomic E-state index is -4.67. The van der Waals surface area contributed by atoms with Gasteiger partial charge in [-0.2, -0.15) is 0 Å². The number of nitrogen functional groups attached to an aromatic ring is 1. The highest BCUT2D eigenvalue weighted by Crippen LogP contribution is 2.25. The number of anilines is 3. The van der Waals surface area contributed by atoms with Crippen molar-refractivity contribution in [2.45, 2.75) is 6.36 Å². The maximum atomic E-state index is 12.0. The molecule has 0 fully saturated rings. The quantitative estimate of drug-likeness (QED) is 0.830. The lowest BCUT2D eigenvalue weighted by Crippen LogP contribution is -2.16. The van der Waals surface area contributed by atoms with Gasteiger partial charge in [0.05, 0.1) is 0 Å². The number of hydrogen-bond acceptors (Lipinski definition) is 3. The number of benzene rings is 2. The van der Waals surface area contributed by atoms with Crippen LogP contribution in [0.15, 0.2) is 48.5 Å². The molecule has 0 radical (unpaired) electrons. The van der Waals surface area contributed by atoms with E-state index in [4.69, 9.17) is 5.73 Å². The molecule has 0 unspecified atom stereocenters. The minimum Gasteiger partial charge on any atom is -0.406 e. The molecule has 2 aromatic rings. The third-order valence-electron chi connectivity index (χ3n) is 2.29. The molecule has 2 rings (SSSR count). The zero-order valence-electron chi connectivity index (χ0n) is 9.74. The molecule has 0 heterocycles. The SMILES string of the molecule is Nc1ccc(Nc2ccc(OC(F)(F)F)cc2)cc1. The number of hydrogen-bond donors (Lipinski definition) is 2. The van der Waals surface area contributed by atoms with Crippen molar-refractivity contribution in [3.8, 4) is 5.75 Å². The van der Waals surface area contributed by atoms with Crippen LogP contribution in [0.5, 0.6) is 5.75 Å². The molecule has 0 atom stereocenters. The summed E-state index contributed by atoms with van der Waals surface area (Å²) in [6.07, 6.45) is -4.67. The Hall–Kier alpha value is -2.37. The molecule has 0 aliphatic carbocycles. The molecular formula is C13H11F3N2O. The Balaban J connectivity index is 2.04. The summed E-state index contributed by atoms with van der Waals surface area (Å²) in [5.41, 5.74) is 7.63. The summed E-state index contributed by atoms with van der Waals surface area (Å²) in [5.74, 6) is -0.254. The molecule has 0 aliphatic heterocycles. The van der Waals surface area contributed by atoms with Gasteiger partial charge in [-0.05, 0) is 48.5 Å². The lowest BCUT2D eigenvalue weighted by molar-refractivity contribution is -0.274. The highest BCUT2D eigenvalue weighted by atomic mass is 19.4. The van der Waals surface area contributed by atoms with E-state index in [1.165, 1.54) is 24.3 Å².